The van der Waals surface area contributed by atoms with Gasteiger partial charge < -0.3 is 14.6 Å². The van der Waals surface area contributed by atoms with E-state index >= 15 is 0 Å². The number of aliphatic imine (C=N–C) groups is 1. The zero-order valence-corrected chi connectivity index (χ0v) is 9.49. The second-order valence-electron chi connectivity index (χ2n) is 2.45. The fourth-order valence-electron chi connectivity index (χ4n) is 0.594. The number of halogens is 6. The van der Waals surface area contributed by atoms with Gasteiger partial charge in [-0.05, 0) is 23.2 Å². The van der Waals surface area contributed by atoms with E-state index in [4.69, 9.17) is 5.11 Å². The average molecular weight is 288 g/mol. The number of hydrogen-bond donors (Lipinski definition) is 1. The lowest BCUT2D eigenvalue weighted by Crippen LogP contribution is -2.55. The summed E-state index contributed by atoms with van der Waals surface area (Å²) in [5.74, 6) is 0. The van der Waals surface area contributed by atoms with E-state index in [1.807, 2.05) is 0 Å². The highest BCUT2D eigenvalue weighted by molar-refractivity contribution is 6.26. The van der Waals surface area contributed by atoms with Gasteiger partial charge >= 0.3 is 22.6 Å². The Balaban J connectivity index is 5.53. The maximum Gasteiger partial charge on any atom is 0.386 e. The fraction of sp³-hybridized carbons (Fsp3) is 0.833. The number of hydrogen-bond acceptors (Lipinski definition) is 4. The van der Waals surface area contributed by atoms with Crippen molar-refractivity contribution in [1.29, 1.82) is 0 Å². The Hall–Kier alpha value is -0.470. The van der Waals surface area contributed by atoms with Crippen LogP contribution < -0.4 is 0 Å². The van der Waals surface area contributed by atoms with E-state index < -0.39 is 22.6 Å². The van der Waals surface area contributed by atoms with Crippen LogP contribution in [0, 0.1) is 0 Å². The second-order valence-corrected chi connectivity index (χ2v) is 3.40. The summed E-state index contributed by atoms with van der Waals surface area (Å²) in [5, 5.41) is -0.660. The summed E-state index contributed by atoms with van der Waals surface area (Å²) < 4.78 is 58.9. The first-order chi connectivity index (χ1) is 6.99. The zero-order chi connectivity index (χ0) is 13.2. The van der Waals surface area contributed by atoms with E-state index in [1.165, 1.54) is 0 Å². The van der Waals surface area contributed by atoms with Crippen LogP contribution in [-0.2, 0) is 9.47 Å². The highest BCUT2D eigenvalue weighted by Crippen LogP contribution is 2.46. The lowest BCUT2D eigenvalue weighted by atomic mass is 10.2. The molecular formula is C6H7Cl2F4NO3. The summed E-state index contributed by atoms with van der Waals surface area (Å²) in [5.41, 5.74) is -4.40. The predicted octanol–water partition coefficient (Wildman–Crippen LogP) is 1.99. The fourth-order valence-corrected chi connectivity index (χ4v) is 0.964. The standard InChI is InChI=1S/C6H7Cl2F4NO3/c1-15-3(16-2)13-4(14,5(7,9)10)6(8,11)12/h14H,1-2H3. The van der Waals surface area contributed by atoms with Crippen molar-refractivity contribution < 1.29 is 32.1 Å². The van der Waals surface area contributed by atoms with Gasteiger partial charge in [-0.1, -0.05) is 0 Å². The van der Waals surface area contributed by atoms with Crippen molar-refractivity contribution in [1.82, 2.24) is 0 Å². The number of alkyl halides is 6. The zero-order valence-electron chi connectivity index (χ0n) is 7.98. The summed E-state index contributed by atoms with van der Waals surface area (Å²) in [4.78, 5) is 2.45. The van der Waals surface area contributed by atoms with Gasteiger partial charge in [0.15, 0.2) is 0 Å². The molecule has 0 aromatic carbocycles. The van der Waals surface area contributed by atoms with Gasteiger partial charge in [-0.3, -0.25) is 0 Å². The molecule has 0 saturated carbocycles. The molecule has 0 rings (SSSR count). The molecule has 0 saturated heterocycles. The largest absolute Gasteiger partial charge is 0.454 e. The monoisotopic (exact) mass is 287 g/mol. The van der Waals surface area contributed by atoms with Gasteiger partial charge in [-0.25, -0.2) is 0 Å². The topological polar surface area (TPSA) is 51.0 Å². The van der Waals surface area contributed by atoms with Crippen LogP contribution in [-0.4, -0.2) is 41.9 Å². The van der Waals surface area contributed by atoms with Crippen molar-refractivity contribution >= 4 is 29.3 Å². The van der Waals surface area contributed by atoms with Crippen LogP contribution in [0.1, 0.15) is 0 Å². The molecule has 4 nitrogen and oxygen atoms in total. The molecule has 96 valence electrons. The minimum absolute atomic E-state index is 0.890. The van der Waals surface area contributed by atoms with Gasteiger partial charge in [0, 0.05) is 0 Å². The predicted molar refractivity (Wildman–Crippen MR) is 48.0 cm³/mol. The first-order valence-electron chi connectivity index (χ1n) is 3.53. The maximum absolute atomic E-state index is 12.6. The van der Waals surface area contributed by atoms with Gasteiger partial charge in [0.05, 0.1) is 14.2 Å². The van der Waals surface area contributed by atoms with E-state index in [1.54, 1.807) is 0 Å². The Kier molecular flexibility index (Phi) is 4.66. The normalized spacial score (nSPS) is 13.3. The first-order valence-corrected chi connectivity index (χ1v) is 4.29. The molecule has 0 aliphatic rings. The Labute approximate surface area is 97.7 Å². The average Bonchev–Trinajstić information content (AvgIpc) is 2.10. The van der Waals surface area contributed by atoms with Gasteiger partial charge in [0.2, 0.25) is 0 Å². The molecule has 0 bridgehead atoms. The number of rotatable bonds is 3. The van der Waals surface area contributed by atoms with Crippen molar-refractivity contribution in [3.63, 3.8) is 0 Å². The molecule has 0 aliphatic heterocycles. The lowest BCUT2D eigenvalue weighted by Gasteiger charge is -2.30. The molecular weight excluding hydrogens is 281 g/mol. The van der Waals surface area contributed by atoms with Crippen LogP contribution >= 0.6 is 23.2 Å². The molecule has 0 atom stereocenters. The van der Waals surface area contributed by atoms with E-state index in [0.717, 1.165) is 14.2 Å². The van der Waals surface area contributed by atoms with Crippen molar-refractivity contribution in [2.45, 2.75) is 16.5 Å². The molecule has 10 heteroatoms. The van der Waals surface area contributed by atoms with Crippen LogP contribution in [0.3, 0.4) is 0 Å². The van der Waals surface area contributed by atoms with Gasteiger partial charge in [0.25, 0.3) is 0 Å². The molecule has 0 heterocycles. The maximum atomic E-state index is 12.6. The SMILES string of the molecule is COC(=NC(O)(C(F)(F)Cl)C(F)(F)Cl)OC. The highest BCUT2D eigenvalue weighted by Gasteiger charge is 2.68. The summed E-state index contributed by atoms with van der Waals surface area (Å²) >= 11 is 8.63. The van der Waals surface area contributed by atoms with Crippen molar-refractivity contribution in [3.05, 3.63) is 0 Å². The van der Waals surface area contributed by atoms with Crippen molar-refractivity contribution in [2.75, 3.05) is 14.2 Å². The smallest absolute Gasteiger partial charge is 0.386 e. The third-order valence-electron chi connectivity index (χ3n) is 1.39. The summed E-state index contributed by atoms with van der Waals surface area (Å²) in [6, 6.07) is 0. The number of aliphatic hydroxyl groups is 1. The minimum atomic E-state index is -4.83. The van der Waals surface area contributed by atoms with Crippen LogP contribution in [0.5, 0.6) is 0 Å². The van der Waals surface area contributed by atoms with Gasteiger partial charge in [-0.15, -0.1) is 0 Å². The summed E-state index contributed by atoms with van der Waals surface area (Å²) in [6.07, 6.45) is -1.04. The number of nitrogens with zero attached hydrogens (tertiary/aromatic N) is 1. The van der Waals surface area contributed by atoms with E-state index in [2.05, 4.69) is 37.7 Å². The van der Waals surface area contributed by atoms with E-state index in [0.29, 0.717) is 0 Å². The molecule has 0 aliphatic carbocycles. The van der Waals surface area contributed by atoms with Gasteiger partial charge in [0.1, 0.15) is 0 Å². The lowest BCUT2D eigenvalue weighted by molar-refractivity contribution is -0.213. The molecule has 0 fully saturated rings. The third-order valence-corrected chi connectivity index (χ3v) is 1.92. The molecule has 1 N–H and O–H groups in total. The van der Waals surface area contributed by atoms with Gasteiger partial charge in [-0.2, -0.15) is 22.6 Å². The van der Waals surface area contributed by atoms with Crippen LogP contribution in [0.15, 0.2) is 4.99 Å². The van der Waals surface area contributed by atoms with E-state index in [-0.39, 0.29) is 0 Å². The minimum Gasteiger partial charge on any atom is -0.454 e. The first kappa shape index (κ1) is 15.5. The third kappa shape index (κ3) is 3.02. The highest BCUT2D eigenvalue weighted by atomic mass is 35.5. The molecule has 0 aromatic rings. The second kappa shape index (κ2) is 4.80. The molecule has 0 unspecified atom stereocenters. The molecule has 16 heavy (non-hydrogen) atoms. The Morgan fingerprint density at radius 1 is 1.06 bits per heavy atom. The molecule has 0 radical (unpaired) electrons. The molecule has 0 spiro atoms. The molecule has 0 amide bonds. The van der Waals surface area contributed by atoms with Crippen LogP contribution in [0.25, 0.3) is 0 Å². The van der Waals surface area contributed by atoms with E-state index in [9.17, 15) is 17.6 Å². The van der Waals surface area contributed by atoms with Crippen molar-refractivity contribution in [3.8, 4) is 0 Å². The van der Waals surface area contributed by atoms with Crippen LogP contribution in [0.4, 0.5) is 17.6 Å². The number of ether oxygens (including phenoxy) is 2. The van der Waals surface area contributed by atoms with Crippen molar-refractivity contribution in [2.24, 2.45) is 4.99 Å². The Bertz CT molecular complexity index is 256. The summed E-state index contributed by atoms with van der Waals surface area (Å²) in [7, 11) is 1.78. The molecule has 0 aromatic heterocycles. The van der Waals surface area contributed by atoms with Crippen LogP contribution in [0.2, 0.25) is 0 Å². The Morgan fingerprint density at radius 3 is 1.56 bits per heavy atom. The Morgan fingerprint density at radius 2 is 1.38 bits per heavy atom. The summed E-state index contributed by atoms with van der Waals surface area (Å²) in [6.45, 7) is 0. The number of methoxy groups -OCH3 is 2. The quantitative estimate of drug-likeness (QED) is 0.374.